The SMILES string of the molecule is c1ccc(-c2ccc3ccc4ccc(-c5cc(-c6ccc7sc8ccccc8c7c6)cc(-c6nc(-c7ccccc7)nc(-c7ccccc7)n6)c5)nc4c3n2)cc1. The zero-order valence-electron chi connectivity index (χ0n) is 30.5. The van der Waals surface area contributed by atoms with E-state index >= 15 is 0 Å². The molecule has 0 radical (unpaired) electrons. The Morgan fingerprint density at radius 3 is 1.39 bits per heavy atom. The Bertz CT molecular complexity index is 3230. The zero-order valence-corrected chi connectivity index (χ0v) is 31.4. The van der Waals surface area contributed by atoms with Gasteiger partial charge in [-0.2, -0.15) is 0 Å². The van der Waals surface area contributed by atoms with Crippen LogP contribution in [-0.2, 0) is 0 Å². The van der Waals surface area contributed by atoms with Crippen LogP contribution in [0.4, 0.5) is 0 Å². The highest BCUT2D eigenvalue weighted by Gasteiger charge is 2.17. The molecular formula is C51H31N5S. The van der Waals surface area contributed by atoms with Crippen LogP contribution in [-0.4, -0.2) is 24.9 Å². The fourth-order valence-electron chi connectivity index (χ4n) is 7.61. The van der Waals surface area contributed by atoms with Crippen molar-refractivity contribution in [1.29, 1.82) is 0 Å². The maximum atomic E-state index is 5.38. The summed E-state index contributed by atoms with van der Waals surface area (Å²) in [7, 11) is 0. The van der Waals surface area contributed by atoms with E-state index in [9.17, 15) is 0 Å². The smallest absolute Gasteiger partial charge is 0.164 e. The van der Waals surface area contributed by atoms with Gasteiger partial charge in [-0.15, -0.1) is 11.3 Å². The Morgan fingerprint density at radius 1 is 0.281 bits per heavy atom. The third-order valence-electron chi connectivity index (χ3n) is 10.5. The second-order valence-corrected chi connectivity index (χ2v) is 15.2. The Kier molecular flexibility index (Phi) is 7.93. The van der Waals surface area contributed by atoms with Crippen LogP contribution in [0.1, 0.15) is 0 Å². The lowest BCUT2D eigenvalue weighted by Crippen LogP contribution is -2.00. The average Bonchev–Trinajstić information content (AvgIpc) is 3.67. The van der Waals surface area contributed by atoms with Crippen molar-refractivity contribution in [2.45, 2.75) is 0 Å². The first-order valence-corrected chi connectivity index (χ1v) is 19.7. The van der Waals surface area contributed by atoms with Gasteiger partial charge < -0.3 is 0 Å². The van der Waals surface area contributed by atoms with Crippen LogP contribution >= 0.6 is 11.3 Å². The average molecular weight is 746 g/mol. The molecule has 0 aliphatic rings. The molecule has 5 nitrogen and oxygen atoms in total. The van der Waals surface area contributed by atoms with Crippen LogP contribution in [0.5, 0.6) is 0 Å². The zero-order chi connectivity index (χ0) is 37.7. The maximum absolute atomic E-state index is 5.38. The molecule has 0 fully saturated rings. The molecule has 7 aromatic carbocycles. The van der Waals surface area contributed by atoms with Crippen molar-refractivity contribution in [2.75, 3.05) is 0 Å². The Hall–Kier alpha value is -7.41. The summed E-state index contributed by atoms with van der Waals surface area (Å²) in [6, 6.07) is 65.2. The Labute approximate surface area is 332 Å². The van der Waals surface area contributed by atoms with E-state index in [2.05, 4.69) is 109 Å². The van der Waals surface area contributed by atoms with Crippen LogP contribution in [0.15, 0.2) is 188 Å². The van der Waals surface area contributed by atoms with E-state index in [1.165, 1.54) is 20.2 Å². The summed E-state index contributed by atoms with van der Waals surface area (Å²) < 4.78 is 2.54. The van der Waals surface area contributed by atoms with Gasteiger partial charge in [-0.1, -0.05) is 140 Å². The van der Waals surface area contributed by atoms with Crippen molar-refractivity contribution in [1.82, 2.24) is 24.9 Å². The number of rotatable bonds is 6. The molecule has 4 aromatic heterocycles. The molecular weight excluding hydrogens is 715 g/mol. The van der Waals surface area contributed by atoms with Crippen molar-refractivity contribution in [3.63, 3.8) is 0 Å². The van der Waals surface area contributed by atoms with E-state index in [-0.39, 0.29) is 0 Å². The summed E-state index contributed by atoms with van der Waals surface area (Å²) in [5.41, 5.74) is 10.4. The van der Waals surface area contributed by atoms with E-state index in [1.807, 2.05) is 90.2 Å². The topological polar surface area (TPSA) is 64.5 Å². The number of fused-ring (bicyclic) bond motifs is 6. The first-order chi connectivity index (χ1) is 28.2. The lowest BCUT2D eigenvalue weighted by atomic mass is 9.96. The number of pyridine rings is 2. The number of nitrogens with zero attached hydrogens (tertiary/aromatic N) is 5. The van der Waals surface area contributed by atoms with E-state index < -0.39 is 0 Å². The highest BCUT2D eigenvalue weighted by Crippen LogP contribution is 2.39. The molecule has 0 unspecified atom stereocenters. The van der Waals surface area contributed by atoms with E-state index in [1.54, 1.807) is 0 Å². The van der Waals surface area contributed by atoms with E-state index in [0.717, 1.165) is 72.1 Å². The molecule has 0 N–H and O–H groups in total. The molecule has 0 atom stereocenters. The van der Waals surface area contributed by atoms with Gasteiger partial charge in [0.15, 0.2) is 17.5 Å². The second-order valence-electron chi connectivity index (χ2n) is 14.1. The van der Waals surface area contributed by atoms with Crippen molar-refractivity contribution in [3.05, 3.63) is 188 Å². The van der Waals surface area contributed by atoms with E-state index in [0.29, 0.717) is 17.5 Å². The second kappa shape index (κ2) is 13.7. The summed E-state index contributed by atoms with van der Waals surface area (Å²) in [5, 5.41) is 4.59. The molecule has 11 aromatic rings. The number of aromatic nitrogens is 5. The molecule has 0 amide bonds. The predicted molar refractivity (Wildman–Crippen MR) is 236 cm³/mol. The Balaban J connectivity index is 1.14. The van der Waals surface area contributed by atoms with Crippen LogP contribution in [0, 0.1) is 0 Å². The van der Waals surface area contributed by atoms with Crippen molar-refractivity contribution in [3.8, 4) is 67.8 Å². The lowest BCUT2D eigenvalue weighted by molar-refractivity contribution is 1.07. The number of hydrogen-bond donors (Lipinski definition) is 0. The minimum absolute atomic E-state index is 0.591. The van der Waals surface area contributed by atoms with Crippen LogP contribution in [0.3, 0.4) is 0 Å². The molecule has 0 saturated heterocycles. The molecule has 266 valence electrons. The summed E-state index contributed by atoms with van der Waals surface area (Å²) in [4.78, 5) is 25.8. The van der Waals surface area contributed by atoms with Crippen molar-refractivity contribution >= 4 is 53.3 Å². The summed E-state index contributed by atoms with van der Waals surface area (Å²) in [5.74, 6) is 1.83. The van der Waals surface area contributed by atoms with Gasteiger partial charge in [-0.25, -0.2) is 24.9 Å². The van der Waals surface area contributed by atoms with Gasteiger partial charge in [0.1, 0.15) is 0 Å². The fourth-order valence-corrected chi connectivity index (χ4v) is 8.70. The van der Waals surface area contributed by atoms with Gasteiger partial charge >= 0.3 is 0 Å². The number of hydrogen-bond acceptors (Lipinski definition) is 6. The van der Waals surface area contributed by atoms with Crippen LogP contribution in [0.2, 0.25) is 0 Å². The van der Waals surface area contributed by atoms with Gasteiger partial charge in [0.25, 0.3) is 0 Å². The third-order valence-corrected chi connectivity index (χ3v) is 11.6. The molecule has 11 rings (SSSR count). The number of thiophene rings is 1. The summed E-state index contributed by atoms with van der Waals surface area (Å²) >= 11 is 1.82. The maximum Gasteiger partial charge on any atom is 0.164 e. The molecule has 57 heavy (non-hydrogen) atoms. The highest BCUT2D eigenvalue weighted by atomic mass is 32.1. The molecule has 0 spiro atoms. The minimum Gasteiger partial charge on any atom is -0.245 e. The highest BCUT2D eigenvalue weighted by molar-refractivity contribution is 7.25. The van der Waals surface area contributed by atoms with Crippen LogP contribution < -0.4 is 0 Å². The summed E-state index contributed by atoms with van der Waals surface area (Å²) in [6.07, 6.45) is 0. The van der Waals surface area contributed by atoms with Gasteiger partial charge in [0.2, 0.25) is 0 Å². The van der Waals surface area contributed by atoms with E-state index in [4.69, 9.17) is 24.9 Å². The van der Waals surface area contributed by atoms with Crippen molar-refractivity contribution in [2.24, 2.45) is 0 Å². The first-order valence-electron chi connectivity index (χ1n) is 18.9. The molecule has 0 bridgehead atoms. The first kappa shape index (κ1) is 33.0. The quantitative estimate of drug-likeness (QED) is 0.159. The minimum atomic E-state index is 0.591. The molecule has 0 saturated carbocycles. The van der Waals surface area contributed by atoms with Gasteiger partial charge in [-0.05, 0) is 59.7 Å². The third kappa shape index (κ3) is 6.09. The normalized spacial score (nSPS) is 11.5. The van der Waals surface area contributed by atoms with Gasteiger partial charge in [-0.3, -0.25) is 0 Å². The van der Waals surface area contributed by atoms with Gasteiger partial charge in [0.05, 0.1) is 22.4 Å². The standard InChI is InChI=1S/C51H31N5S/c1-4-12-32(13-5-1)43-25-22-33-20-21-34-23-26-44(53-48(34)47(33)52-43)39-28-38(37-24-27-46-42(31-37)41-18-10-11-19-45(41)57-46)29-40(30-39)51-55-49(35-14-6-2-7-15-35)54-50(56-51)36-16-8-3-9-17-36/h1-31H. The molecule has 0 aliphatic heterocycles. The Morgan fingerprint density at radius 2 is 0.754 bits per heavy atom. The van der Waals surface area contributed by atoms with Crippen LogP contribution in [0.25, 0.3) is 110 Å². The lowest BCUT2D eigenvalue weighted by Gasteiger charge is -2.13. The predicted octanol–water partition coefficient (Wildman–Crippen LogP) is 13.3. The molecule has 4 heterocycles. The fraction of sp³-hybridized carbons (Fsp3) is 0. The monoisotopic (exact) mass is 745 g/mol. The molecule has 0 aliphatic carbocycles. The summed E-state index contributed by atoms with van der Waals surface area (Å²) in [6.45, 7) is 0. The van der Waals surface area contributed by atoms with Crippen molar-refractivity contribution < 1.29 is 0 Å². The number of benzene rings is 7. The van der Waals surface area contributed by atoms with Gasteiger partial charge in [0, 0.05) is 58.8 Å². The molecule has 6 heteroatoms. The largest absolute Gasteiger partial charge is 0.245 e.